The van der Waals surface area contributed by atoms with Crippen molar-refractivity contribution in [3.63, 3.8) is 0 Å². The van der Waals surface area contributed by atoms with Crippen LogP contribution >= 0.6 is 15.6 Å². The molecule has 0 aromatic rings. The third-order valence-corrected chi connectivity index (χ3v) is 18.9. The molecule has 3 N–H and O–H groups in total. The summed E-state index contributed by atoms with van der Waals surface area (Å²) in [5.74, 6) is -1.33. The SMILES string of the molecule is CCCCCCCCCCCCCCCCCCCCCCCC(=O)O[C@H](COC(=O)CCCCCCCCCCCCCCCCCC(C)C)COP(=O)(O)OC[C@@H](O)COP(=O)(O)OC[C@@H](COC(=O)CCCCCCC)OC(=O)CCCCCCCCCC. The van der Waals surface area contributed by atoms with E-state index < -0.39 is 97.5 Å². The first kappa shape index (κ1) is 90.1. The molecule has 0 spiro atoms. The van der Waals surface area contributed by atoms with Gasteiger partial charge < -0.3 is 33.8 Å². The lowest BCUT2D eigenvalue weighted by Gasteiger charge is -2.21. The minimum atomic E-state index is -4.95. The van der Waals surface area contributed by atoms with E-state index in [1.807, 2.05) is 0 Å². The Morgan fingerprint density at radius 3 is 0.739 bits per heavy atom. The molecule has 2 unspecified atom stereocenters. The molecular weight excluding hydrogens is 1210 g/mol. The molecule has 0 saturated carbocycles. The van der Waals surface area contributed by atoms with Gasteiger partial charge in [0.1, 0.15) is 19.3 Å². The average Bonchev–Trinajstić information content (AvgIpc) is 1.64. The van der Waals surface area contributed by atoms with E-state index in [-0.39, 0.29) is 25.7 Å². The zero-order valence-electron chi connectivity index (χ0n) is 59.7. The van der Waals surface area contributed by atoms with E-state index in [2.05, 4.69) is 34.6 Å². The van der Waals surface area contributed by atoms with Gasteiger partial charge >= 0.3 is 39.5 Å². The Kier molecular flexibility index (Phi) is 64.9. The molecule has 0 saturated heterocycles. The Balaban J connectivity index is 5.08. The summed E-state index contributed by atoms with van der Waals surface area (Å²) in [6.45, 7) is 7.17. The maximum atomic E-state index is 13.1. The molecule has 19 heteroatoms. The van der Waals surface area contributed by atoms with Gasteiger partial charge in [0.2, 0.25) is 0 Å². The van der Waals surface area contributed by atoms with Crippen LogP contribution in [0.1, 0.15) is 381 Å². The molecule has 0 aliphatic carbocycles. The second-order valence-electron chi connectivity index (χ2n) is 26.8. The summed E-state index contributed by atoms with van der Waals surface area (Å²) in [5.41, 5.74) is 0. The number of hydrogen-bond acceptors (Lipinski definition) is 15. The smallest absolute Gasteiger partial charge is 0.462 e. The minimum absolute atomic E-state index is 0.104. The Morgan fingerprint density at radius 2 is 0.500 bits per heavy atom. The summed E-state index contributed by atoms with van der Waals surface area (Å²) in [7, 11) is -9.89. The number of carbonyl (C=O) groups excluding carboxylic acids is 4. The number of aliphatic hydroxyl groups is 1. The van der Waals surface area contributed by atoms with Crippen LogP contribution in [0.15, 0.2) is 0 Å². The molecule has 546 valence electrons. The summed E-state index contributed by atoms with van der Waals surface area (Å²) in [6.07, 6.45) is 54.8. The first-order chi connectivity index (χ1) is 44.5. The summed E-state index contributed by atoms with van der Waals surface area (Å²) >= 11 is 0. The standard InChI is InChI=1S/C73H142O17P2/c1-6-9-12-15-17-19-20-21-22-23-24-25-26-27-30-34-37-40-44-49-54-59-73(78)90-69(63-84-71(76)57-52-47-43-39-36-33-31-28-29-32-35-38-41-46-50-55-66(4)5)65-88-92(81,82)86-61-67(74)60-85-91(79,80)87-64-68(62-83-70(75)56-51-45-14-11-8-3)89-72(77)58-53-48-42-18-16-13-10-7-2/h66-69,74H,6-65H2,1-5H3,(H,79,80)(H,81,82)/t67-,68+,69+/m0/s1. The average molecular weight is 1350 g/mol. The van der Waals surface area contributed by atoms with E-state index in [0.717, 1.165) is 109 Å². The van der Waals surface area contributed by atoms with E-state index in [4.69, 9.17) is 37.0 Å². The fourth-order valence-corrected chi connectivity index (χ4v) is 12.8. The number of aliphatic hydroxyl groups excluding tert-OH is 1. The summed E-state index contributed by atoms with van der Waals surface area (Å²) in [4.78, 5) is 72.2. The predicted octanol–water partition coefficient (Wildman–Crippen LogP) is 21.3. The number of rotatable bonds is 73. The Bertz CT molecular complexity index is 1770. The van der Waals surface area contributed by atoms with Crippen LogP contribution in [-0.4, -0.2) is 96.7 Å². The van der Waals surface area contributed by atoms with E-state index >= 15 is 0 Å². The van der Waals surface area contributed by atoms with Gasteiger partial charge in [0.25, 0.3) is 0 Å². The zero-order chi connectivity index (χ0) is 67.7. The van der Waals surface area contributed by atoms with Gasteiger partial charge in [-0.3, -0.25) is 37.3 Å². The van der Waals surface area contributed by atoms with Crippen molar-refractivity contribution in [3.05, 3.63) is 0 Å². The zero-order valence-corrected chi connectivity index (χ0v) is 61.5. The van der Waals surface area contributed by atoms with Crippen molar-refractivity contribution in [2.75, 3.05) is 39.6 Å². The van der Waals surface area contributed by atoms with Crippen molar-refractivity contribution in [1.29, 1.82) is 0 Å². The maximum Gasteiger partial charge on any atom is 0.472 e. The van der Waals surface area contributed by atoms with E-state index in [1.165, 1.54) is 193 Å². The number of phosphoric ester groups is 2. The number of esters is 4. The molecule has 0 aromatic heterocycles. The van der Waals surface area contributed by atoms with Crippen LogP contribution in [0.3, 0.4) is 0 Å². The van der Waals surface area contributed by atoms with Crippen LogP contribution in [0.25, 0.3) is 0 Å². The van der Waals surface area contributed by atoms with Gasteiger partial charge in [0.05, 0.1) is 26.4 Å². The molecule has 0 aromatic carbocycles. The fourth-order valence-electron chi connectivity index (χ4n) is 11.2. The van der Waals surface area contributed by atoms with E-state index in [1.54, 1.807) is 0 Å². The highest BCUT2D eigenvalue weighted by molar-refractivity contribution is 7.47. The molecule has 17 nitrogen and oxygen atoms in total. The lowest BCUT2D eigenvalue weighted by molar-refractivity contribution is -0.161. The number of ether oxygens (including phenoxy) is 4. The number of carbonyl (C=O) groups is 4. The van der Waals surface area contributed by atoms with Crippen molar-refractivity contribution < 1.29 is 80.2 Å². The van der Waals surface area contributed by atoms with Crippen LogP contribution in [0.2, 0.25) is 0 Å². The van der Waals surface area contributed by atoms with Crippen LogP contribution in [0.5, 0.6) is 0 Å². The lowest BCUT2D eigenvalue weighted by Crippen LogP contribution is -2.30. The third-order valence-electron chi connectivity index (χ3n) is 17.0. The van der Waals surface area contributed by atoms with Gasteiger partial charge in [0.15, 0.2) is 12.2 Å². The van der Waals surface area contributed by atoms with Crippen molar-refractivity contribution in [2.45, 2.75) is 400 Å². The topological polar surface area (TPSA) is 237 Å². The second-order valence-corrected chi connectivity index (χ2v) is 29.7. The largest absolute Gasteiger partial charge is 0.472 e. The number of phosphoric acid groups is 2. The monoisotopic (exact) mass is 1350 g/mol. The van der Waals surface area contributed by atoms with Gasteiger partial charge in [0, 0.05) is 25.7 Å². The Morgan fingerprint density at radius 1 is 0.293 bits per heavy atom. The van der Waals surface area contributed by atoms with Gasteiger partial charge in [-0.15, -0.1) is 0 Å². The molecule has 0 rings (SSSR count). The normalized spacial score (nSPS) is 14.0. The number of unbranched alkanes of at least 4 members (excludes halogenated alkanes) is 45. The molecule has 0 aliphatic heterocycles. The number of hydrogen-bond donors (Lipinski definition) is 3. The molecule has 0 heterocycles. The molecule has 0 amide bonds. The summed E-state index contributed by atoms with van der Waals surface area (Å²) in [6, 6.07) is 0. The molecule has 0 bridgehead atoms. The van der Waals surface area contributed by atoms with Gasteiger partial charge in [-0.1, -0.05) is 330 Å². The quantitative estimate of drug-likeness (QED) is 0.0222. The highest BCUT2D eigenvalue weighted by atomic mass is 31.2. The molecular formula is C73H142O17P2. The molecule has 0 aliphatic rings. The van der Waals surface area contributed by atoms with Crippen molar-refractivity contribution in [1.82, 2.24) is 0 Å². The molecule has 0 radical (unpaired) electrons. The van der Waals surface area contributed by atoms with E-state index in [9.17, 15) is 43.2 Å². The summed E-state index contributed by atoms with van der Waals surface area (Å²) in [5, 5.41) is 10.6. The van der Waals surface area contributed by atoms with Crippen molar-refractivity contribution >= 4 is 39.5 Å². The van der Waals surface area contributed by atoms with Gasteiger partial charge in [-0.2, -0.15) is 0 Å². The first-order valence-electron chi connectivity index (χ1n) is 38.1. The molecule has 0 fully saturated rings. The molecule has 92 heavy (non-hydrogen) atoms. The Labute approximate surface area is 562 Å². The Hall–Kier alpha value is -1.94. The second kappa shape index (κ2) is 66.3. The van der Waals surface area contributed by atoms with E-state index in [0.29, 0.717) is 25.7 Å². The molecule has 5 atom stereocenters. The first-order valence-corrected chi connectivity index (χ1v) is 41.1. The maximum absolute atomic E-state index is 13.1. The van der Waals surface area contributed by atoms with Crippen molar-refractivity contribution in [2.24, 2.45) is 5.92 Å². The summed E-state index contributed by atoms with van der Waals surface area (Å²) < 4.78 is 68.0. The lowest BCUT2D eigenvalue weighted by atomic mass is 10.0. The van der Waals surface area contributed by atoms with Crippen LogP contribution in [-0.2, 0) is 65.4 Å². The highest BCUT2D eigenvalue weighted by Gasteiger charge is 2.30. The van der Waals surface area contributed by atoms with Crippen LogP contribution in [0.4, 0.5) is 0 Å². The predicted molar refractivity (Wildman–Crippen MR) is 372 cm³/mol. The van der Waals surface area contributed by atoms with Gasteiger partial charge in [-0.25, -0.2) is 9.13 Å². The fraction of sp³-hybridized carbons (Fsp3) is 0.945. The van der Waals surface area contributed by atoms with Crippen LogP contribution < -0.4 is 0 Å². The minimum Gasteiger partial charge on any atom is -0.462 e. The highest BCUT2D eigenvalue weighted by Crippen LogP contribution is 2.45. The van der Waals surface area contributed by atoms with Crippen LogP contribution in [0, 0.1) is 5.92 Å². The third kappa shape index (κ3) is 66.7. The van der Waals surface area contributed by atoms with Gasteiger partial charge in [-0.05, 0) is 31.6 Å². The van der Waals surface area contributed by atoms with Crippen molar-refractivity contribution in [3.8, 4) is 0 Å².